The average Bonchev–Trinajstić information content (AvgIpc) is 3.44. The Morgan fingerprint density at radius 3 is 2.25 bits per heavy atom. The zero-order valence-corrected chi connectivity index (χ0v) is 26.2. The first-order chi connectivity index (χ1) is 21.1. The van der Waals surface area contributed by atoms with Crippen molar-refractivity contribution in [2.75, 3.05) is 34.4 Å². The molecule has 0 radical (unpaired) electrons. The van der Waals surface area contributed by atoms with Gasteiger partial charge in [0.1, 0.15) is 11.5 Å². The maximum atomic E-state index is 10.2. The first-order valence-electron chi connectivity index (χ1n) is 14.4. The number of fused-ring (bicyclic) bond motifs is 1. The Kier molecular flexibility index (Phi) is 7.98. The van der Waals surface area contributed by atoms with E-state index in [2.05, 4.69) is 4.90 Å². The molecule has 3 aromatic carbocycles. The lowest BCUT2D eigenvalue weighted by molar-refractivity contribution is -0.0875. The minimum Gasteiger partial charge on any atom is -0.496 e. The highest BCUT2D eigenvalue weighted by atomic mass is 35.5. The molecule has 1 atom stereocenters. The third-order valence-electron chi connectivity index (χ3n) is 8.10. The van der Waals surface area contributed by atoms with Crippen LogP contribution in [-0.4, -0.2) is 64.8 Å². The maximum Gasteiger partial charge on any atom is 0.218 e. The molecular formula is C34H36ClN5O4. The Bertz CT molecular complexity index is 1820. The number of β-amino-alcohol motifs (C(OH)–C–C–N with tert-alkyl or cyclic N) is 1. The van der Waals surface area contributed by atoms with Crippen molar-refractivity contribution >= 4 is 22.5 Å². The molecule has 9 nitrogen and oxygen atoms in total. The van der Waals surface area contributed by atoms with Crippen molar-refractivity contribution in [2.24, 2.45) is 5.73 Å². The van der Waals surface area contributed by atoms with Crippen molar-refractivity contribution in [3.8, 4) is 45.5 Å². The summed E-state index contributed by atoms with van der Waals surface area (Å²) < 4.78 is 19.0. The van der Waals surface area contributed by atoms with E-state index in [-0.39, 0.29) is 6.04 Å². The van der Waals surface area contributed by atoms with Crippen molar-refractivity contribution in [1.82, 2.24) is 19.7 Å². The van der Waals surface area contributed by atoms with Gasteiger partial charge in [-0.2, -0.15) is 5.10 Å². The molecule has 0 saturated carbocycles. The second-order valence-electron chi connectivity index (χ2n) is 11.5. The molecule has 0 amide bonds. The van der Waals surface area contributed by atoms with Crippen molar-refractivity contribution in [1.29, 1.82) is 0 Å². The van der Waals surface area contributed by atoms with E-state index in [1.54, 1.807) is 21.3 Å². The van der Waals surface area contributed by atoms with Crippen LogP contribution in [0.25, 0.3) is 39.0 Å². The van der Waals surface area contributed by atoms with Crippen LogP contribution in [0.2, 0.25) is 5.02 Å². The minimum atomic E-state index is -0.661. The van der Waals surface area contributed by atoms with E-state index in [1.807, 2.05) is 85.4 Å². The standard InChI is InChI=1S/C34H36ClN5O4/c1-20(36)22-12-13-28(38-33(22)44-5)25-10-6-9-24(32(25)35)23-8-7-11-29-26(23)16-37-40(29)21-14-30(42-3)27(31(15-21)43-4)17-39-18-34(2,41)19-39/h6-16,20,41H,17-19,36H2,1-5H3/t20-/m0/s1. The van der Waals surface area contributed by atoms with Crippen LogP contribution in [0.3, 0.4) is 0 Å². The number of benzene rings is 3. The monoisotopic (exact) mass is 613 g/mol. The zero-order chi connectivity index (χ0) is 31.2. The quantitative estimate of drug-likeness (QED) is 0.208. The summed E-state index contributed by atoms with van der Waals surface area (Å²) in [5.41, 5.74) is 12.2. The number of halogens is 1. The van der Waals surface area contributed by atoms with Gasteiger partial charge < -0.3 is 25.1 Å². The van der Waals surface area contributed by atoms with Gasteiger partial charge in [-0.15, -0.1) is 0 Å². The summed E-state index contributed by atoms with van der Waals surface area (Å²) >= 11 is 7.09. The number of rotatable bonds is 9. The fraction of sp³-hybridized carbons (Fsp3) is 0.294. The summed E-state index contributed by atoms with van der Waals surface area (Å²) in [7, 11) is 4.89. The van der Waals surface area contributed by atoms with E-state index in [0.29, 0.717) is 47.7 Å². The van der Waals surface area contributed by atoms with Crippen LogP contribution < -0.4 is 19.9 Å². The number of hydrogen-bond acceptors (Lipinski definition) is 8. The Balaban J connectivity index is 1.40. The maximum absolute atomic E-state index is 10.2. The number of ether oxygens (including phenoxy) is 3. The number of likely N-dealkylation sites (tertiary alicyclic amines) is 1. The summed E-state index contributed by atoms with van der Waals surface area (Å²) in [5.74, 6) is 1.87. The fourth-order valence-electron chi connectivity index (χ4n) is 6.04. The van der Waals surface area contributed by atoms with E-state index in [0.717, 1.165) is 44.4 Å². The summed E-state index contributed by atoms with van der Waals surface area (Å²) in [6.45, 7) is 5.54. The first-order valence-corrected chi connectivity index (χ1v) is 14.8. The van der Waals surface area contributed by atoms with E-state index in [4.69, 9.17) is 41.6 Å². The van der Waals surface area contributed by atoms with E-state index in [9.17, 15) is 5.11 Å². The molecular weight excluding hydrogens is 578 g/mol. The van der Waals surface area contributed by atoms with Crippen LogP contribution in [0.1, 0.15) is 31.0 Å². The molecule has 0 unspecified atom stereocenters. The summed E-state index contributed by atoms with van der Waals surface area (Å²) in [4.78, 5) is 6.87. The molecule has 10 heteroatoms. The molecule has 0 spiro atoms. The van der Waals surface area contributed by atoms with E-state index >= 15 is 0 Å². The van der Waals surface area contributed by atoms with Crippen molar-refractivity contribution < 1.29 is 19.3 Å². The average molecular weight is 614 g/mol. The molecule has 1 aliphatic rings. The van der Waals surface area contributed by atoms with Crippen LogP contribution in [0.4, 0.5) is 0 Å². The second-order valence-corrected chi connectivity index (χ2v) is 11.9. The molecule has 2 aromatic heterocycles. The van der Waals surface area contributed by atoms with Gasteiger partial charge in [0.05, 0.1) is 60.6 Å². The van der Waals surface area contributed by atoms with Crippen LogP contribution in [-0.2, 0) is 6.54 Å². The van der Waals surface area contributed by atoms with Gasteiger partial charge in [-0.3, -0.25) is 4.90 Å². The van der Waals surface area contributed by atoms with E-state index in [1.165, 1.54) is 0 Å². The highest BCUT2D eigenvalue weighted by molar-refractivity contribution is 6.36. The third kappa shape index (κ3) is 5.37. The van der Waals surface area contributed by atoms with Gasteiger partial charge in [0.25, 0.3) is 0 Å². The molecule has 1 saturated heterocycles. The number of pyridine rings is 1. The van der Waals surface area contributed by atoms with Gasteiger partial charge in [0.15, 0.2) is 0 Å². The molecule has 44 heavy (non-hydrogen) atoms. The van der Waals surface area contributed by atoms with Gasteiger partial charge in [0.2, 0.25) is 5.88 Å². The van der Waals surface area contributed by atoms with Gasteiger partial charge in [0, 0.05) is 59.9 Å². The summed E-state index contributed by atoms with van der Waals surface area (Å²) in [6, 6.07) is 19.5. The molecule has 6 rings (SSSR count). The number of methoxy groups -OCH3 is 3. The predicted octanol–water partition coefficient (Wildman–Crippen LogP) is 6.02. The van der Waals surface area contributed by atoms with Gasteiger partial charge in [-0.1, -0.05) is 41.9 Å². The lowest BCUT2D eigenvalue weighted by Crippen LogP contribution is -2.59. The van der Waals surface area contributed by atoms with Gasteiger partial charge in [-0.25, -0.2) is 9.67 Å². The van der Waals surface area contributed by atoms with Crippen molar-refractivity contribution in [3.63, 3.8) is 0 Å². The van der Waals surface area contributed by atoms with Crippen LogP contribution in [0.15, 0.2) is 66.9 Å². The second kappa shape index (κ2) is 11.7. The molecule has 1 aliphatic heterocycles. The molecule has 5 aromatic rings. The Morgan fingerprint density at radius 2 is 1.61 bits per heavy atom. The number of aromatic nitrogens is 3. The van der Waals surface area contributed by atoms with Crippen molar-refractivity contribution in [3.05, 3.63) is 83.0 Å². The molecule has 3 N–H and O–H groups in total. The van der Waals surface area contributed by atoms with Crippen LogP contribution in [0, 0.1) is 0 Å². The SMILES string of the molecule is COc1cc(-n2ncc3c(-c4cccc(-c5ccc([C@H](C)N)c(OC)n5)c4Cl)cccc32)cc(OC)c1CN1CC(C)(O)C1. The number of nitrogens with two attached hydrogens (primary N) is 1. The zero-order valence-electron chi connectivity index (χ0n) is 25.5. The van der Waals surface area contributed by atoms with E-state index < -0.39 is 5.60 Å². The highest BCUT2D eigenvalue weighted by Gasteiger charge is 2.37. The van der Waals surface area contributed by atoms with Crippen molar-refractivity contribution in [2.45, 2.75) is 32.0 Å². The Hall–Kier alpha value is -4.15. The Labute approximate surface area is 261 Å². The topological polar surface area (TPSA) is 108 Å². The number of nitrogens with zero attached hydrogens (tertiary/aromatic N) is 4. The smallest absolute Gasteiger partial charge is 0.218 e. The largest absolute Gasteiger partial charge is 0.496 e. The van der Waals surface area contributed by atoms with Gasteiger partial charge in [-0.05, 0) is 37.6 Å². The number of aliphatic hydroxyl groups is 1. The molecule has 228 valence electrons. The number of hydrogen-bond donors (Lipinski definition) is 2. The molecule has 0 bridgehead atoms. The van der Waals surface area contributed by atoms with Gasteiger partial charge >= 0.3 is 0 Å². The Morgan fingerprint density at radius 1 is 0.955 bits per heavy atom. The lowest BCUT2D eigenvalue weighted by atomic mass is 9.96. The molecule has 0 aliphatic carbocycles. The minimum absolute atomic E-state index is 0.211. The predicted molar refractivity (Wildman–Crippen MR) is 173 cm³/mol. The molecule has 1 fully saturated rings. The highest BCUT2D eigenvalue weighted by Crippen LogP contribution is 2.41. The molecule has 3 heterocycles. The fourth-order valence-corrected chi connectivity index (χ4v) is 6.37. The van der Waals surface area contributed by atoms with Crippen LogP contribution in [0.5, 0.6) is 17.4 Å². The lowest BCUT2D eigenvalue weighted by Gasteiger charge is -2.44. The first kappa shape index (κ1) is 29.9. The summed E-state index contributed by atoms with van der Waals surface area (Å²) in [5, 5.41) is 16.5. The summed E-state index contributed by atoms with van der Waals surface area (Å²) in [6.07, 6.45) is 1.85. The third-order valence-corrected chi connectivity index (χ3v) is 8.51. The van der Waals surface area contributed by atoms with Crippen LogP contribution >= 0.6 is 11.6 Å². The normalized spacial score (nSPS) is 15.2.